The average Bonchev–Trinajstić information content (AvgIpc) is 3.01. The summed E-state index contributed by atoms with van der Waals surface area (Å²) in [5.74, 6) is -1.25. The van der Waals surface area contributed by atoms with Gasteiger partial charge in [-0.2, -0.15) is 0 Å². The second-order valence-corrected chi connectivity index (χ2v) is 6.44. The lowest BCUT2D eigenvalue weighted by Gasteiger charge is -2.33. The van der Waals surface area contributed by atoms with Crippen molar-refractivity contribution in [1.82, 2.24) is 10.2 Å². The minimum Gasteiger partial charge on any atom is -0.381 e. The number of nitrogens with zero attached hydrogens (tertiary/aromatic N) is 1. The first-order chi connectivity index (χ1) is 11.1. The van der Waals surface area contributed by atoms with Crippen molar-refractivity contribution in [3.05, 3.63) is 35.4 Å². The van der Waals surface area contributed by atoms with Crippen LogP contribution in [0, 0.1) is 17.6 Å². The Morgan fingerprint density at radius 2 is 1.87 bits per heavy atom. The SMILES string of the molecule is O=C(NC1CCN(C[C@@H]2CCOC2)CC1)c1cc(F)cc(F)c1. The Hall–Kier alpha value is -1.53. The van der Waals surface area contributed by atoms with E-state index in [1.165, 1.54) is 0 Å². The van der Waals surface area contributed by atoms with Crippen LogP contribution >= 0.6 is 0 Å². The normalized spacial score (nSPS) is 23.1. The highest BCUT2D eigenvalue weighted by Gasteiger charge is 2.25. The summed E-state index contributed by atoms with van der Waals surface area (Å²) in [5, 5.41) is 2.88. The van der Waals surface area contributed by atoms with E-state index in [0.717, 1.165) is 70.3 Å². The Labute approximate surface area is 134 Å². The van der Waals surface area contributed by atoms with Gasteiger partial charge in [0, 0.05) is 43.9 Å². The molecule has 2 aliphatic rings. The zero-order chi connectivity index (χ0) is 16.2. The van der Waals surface area contributed by atoms with Crippen molar-refractivity contribution in [1.29, 1.82) is 0 Å². The van der Waals surface area contributed by atoms with E-state index in [-0.39, 0.29) is 11.6 Å². The summed E-state index contributed by atoms with van der Waals surface area (Å²) in [6, 6.07) is 2.95. The van der Waals surface area contributed by atoms with Gasteiger partial charge in [0.25, 0.3) is 5.91 Å². The largest absolute Gasteiger partial charge is 0.381 e. The van der Waals surface area contributed by atoms with Gasteiger partial charge in [0.05, 0.1) is 6.61 Å². The fraction of sp³-hybridized carbons (Fsp3) is 0.588. The molecule has 6 heteroatoms. The number of ether oxygens (including phenoxy) is 1. The second-order valence-electron chi connectivity index (χ2n) is 6.44. The highest BCUT2D eigenvalue weighted by Crippen LogP contribution is 2.18. The van der Waals surface area contributed by atoms with Gasteiger partial charge in [0.15, 0.2) is 0 Å². The Balaban J connectivity index is 1.47. The van der Waals surface area contributed by atoms with Gasteiger partial charge in [-0.3, -0.25) is 4.79 Å². The molecule has 1 N–H and O–H groups in total. The summed E-state index contributed by atoms with van der Waals surface area (Å²) in [6.07, 6.45) is 2.84. The fourth-order valence-corrected chi connectivity index (χ4v) is 3.31. The van der Waals surface area contributed by atoms with Crippen molar-refractivity contribution < 1.29 is 18.3 Å². The van der Waals surface area contributed by atoms with Crippen molar-refractivity contribution in [2.75, 3.05) is 32.8 Å². The molecule has 1 amide bonds. The van der Waals surface area contributed by atoms with Gasteiger partial charge < -0.3 is 15.0 Å². The van der Waals surface area contributed by atoms with Crippen molar-refractivity contribution in [3.8, 4) is 0 Å². The number of halogens is 2. The van der Waals surface area contributed by atoms with Gasteiger partial charge in [0.2, 0.25) is 0 Å². The lowest BCUT2D eigenvalue weighted by atomic mass is 10.0. The van der Waals surface area contributed by atoms with Crippen LogP contribution in [0.15, 0.2) is 18.2 Å². The molecule has 0 aromatic heterocycles. The lowest BCUT2D eigenvalue weighted by Crippen LogP contribution is -2.45. The quantitative estimate of drug-likeness (QED) is 0.923. The van der Waals surface area contributed by atoms with Gasteiger partial charge in [0.1, 0.15) is 11.6 Å². The molecule has 2 saturated heterocycles. The van der Waals surface area contributed by atoms with E-state index >= 15 is 0 Å². The third kappa shape index (κ3) is 4.48. The van der Waals surface area contributed by atoms with Crippen molar-refractivity contribution >= 4 is 5.91 Å². The zero-order valence-electron chi connectivity index (χ0n) is 13.1. The summed E-state index contributed by atoms with van der Waals surface area (Å²) in [6.45, 7) is 4.62. The molecule has 0 spiro atoms. The van der Waals surface area contributed by atoms with E-state index in [2.05, 4.69) is 10.2 Å². The molecule has 1 aromatic carbocycles. The van der Waals surface area contributed by atoms with Crippen LogP contribution in [0.4, 0.5) is 8.78 Å². The number of benzene rings is 1. The fourth-order valence-electron chi connectivity index (χ4n) is 3.31. The number of likely N-dealkylation sites (tertiary alicyclic amines) is 1. The average molecular weight is 324 g/mol. The molecule has 0 bridgehead atoms. The summed E-state index contributed by atoms with van der Waals surface area (Å²) < 4.78 is 31.7. The van der Waals surface area contributed by atoms with Gasteiger partial charge in [-0.25, -0.2) is 8.78 Å². The van der Waals surface area contributed by atoms with Crippen LogP contribution in [-0.4, -0.2) is 49.7 Å². The topological polar surface area (TPSA) is 41.6 Å². The van der Waals surface area contributed by atoms with Crippen LogP contribution in [0.3, 0.4) is 0 Å². The third-order valence-electron chi connectivity index (χ3n) is 4.59. The highest BCUT2D eigenvalue weighted by molar-refractivity contribution is 5.94. The minimum atomic E-state index is -0.733. The van der Waals surface area contributed by atoms with E-state index in [4.69, 9.17) is 4.74 Å². The van der Waals surface area contributed by atoms with Gasteiger partial charge in [-0.15, -0.1) is 0 Å². The molecule has 2 aliphatic heterocycles. The maximum absolute atomic E-state index is 13.2. The molecule has 1 aromatic rings. The Morgan fingerprint density at radius 3 is 2.48 bits per heavy atom. The summed E-state index contributed by atoms with van der Waals surface area (Å²) in [7, 11) is 0. The first kappa shape index (κ1) is 16.3. The maximum atomic E-state index is 13.2. The van der Waals surface area contributed by atoms with Crippen molar-refractivity contribution in [2.45, 2.75) is 25.3 Å². The van der Waals surface area contributed by atoms with Crippen LogP contribution in [0.1, 0.15) is 29.6 Å². The van der Waals surface area contributed by atoms with E-state index < -0.39 is 17.5 Å². The molecule has 126 valence electrons. The molecule has 0 unspecified atom stereocenters. The van der Waals surface area contributed by atoms with Crippen LogP contribution in [0.25, 0.3) is 0 Å². The number of nitrogens with one attached hydrogen (secondary N) is 1. The van der Waals surface area contributed by atoms with Crippen LogP contribution < -0.4 is 5.32 Å². The molecule has 4 nitrogen and oxygen atoms in total. The molecule has 3 rings (SSSR count). The number of carbonyl (C=O) groups is 1. The number of hydrogen-bond acceptors (Lipinski definition) is 3. The van der Waals surface area contributed by atoms with E-state index in [1.807, 2.05) is 0 Å². The monoisotopic (exact) mass is 324 g/mol. The summed E-state index contributed by atoms with van der Waals surface area (Å²) in [4.78, 5) is 14.5. The van der Waals surface area contributed by atoms with Crippen molar-refractivity contribution in [2.24, 2.45) is 5.92 Å². The zero-order valence-corrected chi connectivity index (χ0v) is 13.1. The van der Waals surface area contributed by atoms with Crippen LogP contribution in [-0.2, 0) is 4.74 Å². The van der Waals surface area contributed by atoms with Gasteiger partial charge >= 0.3 is 0 Å². The van der Waals surface area contributed by atoms with Gasteiger partial charge in [-0.1, -0.05) is 0 Å². The smallest absolute Gasteiger partial charge is 0.251 e. The Kier molecular flexibility index (Phi) is 5.23. The number of rotatable bonds is 4. The molecule has 23 heavy (non-hydrogen) atoms. The predicted molar refractivity (Wildman–Crippen MR) is 82.2 cm³/mol. The van der Waals surface area contributed by atoms with Crippen molar-refractivity contribution in [3.63, 3.8) is 0 Å². The molecule has 0 saturated carbocycles. The summed E-state index contributed by atoms with van der Waals surface area (Å²) in [5.41, 5.74) is 0.0352. The van der Waals surface area contributed by atoms with Crippen LogP contribution in [0.5, 0.6) is 0 Å². The lowest BCUT2D eigenvalue weighted by molar-refractivity contribution is 0.0902. The maximum Gasteiger partial charge on any atom is 0.251 e. The van der Waals surface area contributed by atoms with Crippen LogP contribution in [0.2, 0.25) is 0 Å². The Bertz CT molecular complexity index is 533. The minimum absolute atomic E-state index is 0.0352. The molecule has 0 radical (unpaired) electrons. The highest BCUT2D eigenvalue weighted by atomic mass is 19.1. The Morgan fingerprint density at radius 1 is 1.17 bits per heavy atom. The summed E-state index contributed by atoms with van der Waals surface area (Å²) >= 11 is 0. The van der Waals surface area contributed by atoms with Gasteiger partial charge in [-0.05, 0) is 37.3 Å². The first-order valence-electron chi connectivity index (χ1n) is 8.17. The molecular weight excluding hydrogens is 302 g/mol. The predicted octanol–water partition coefficient (Wildman–Crippen LogP) is 2.20. The number of piperidine rings is 1. The first-order valence-corrected chi connectivity index (χ1v) is 8.17. The number of hydrogen-bond donors (Lipinski definition) is 1. The second kappa shape index (κ2) is 7.36. The number of amides is 1. The molecule has 2 fully saturated rings. The standard InChI is InChI=1S/C17H22F2N2O2/c18-14-7-13(8-15(19)9-14)17(22)20-16-1-4-21(5-2-16)10-12-3-6-23-11-12/h7-9,12,16H,1-6,10-11H2,(H,20,22)/t12-/m0/s1. The third-order valence-corrected chi connectivity index (χ3v) is 4.59. The molecule has 0 aliphatic carbocycles. The molecule has 1 atom stereocenters. The number of carbonyl (C=O) groups excluding carboxylic acids is 1. The van der Waals surface area contributed by atoms with E-state index in [9.17, 15) is 13.6 Å². The van der Waals surface area contributed by atoms with E-state index in [1.54, 1.807) is 0 Å². The van der Waals surface area contributed by atoms with E-state index in [0.29, 0.717) is 5.92 Å². The molecular formula is C17H22F2N2O2. The molecule has 2 heterocycles.